The molecule has 0 bridgehead atoms. The van der Waals surface area contributed by atoms with Crippen LogP contribution in [0.2, 0.25) is 0 Å². The van der Waals surface area contributed by atoms with Crippen LogP contribution in [0.4, 0.5) is 0 Å². The zero-order valence-corrected chi connectivity index (χ0v) is 16.8. The van der Waals surface area contributed by atoms with Gasteiger partial charge in [-0.1, -0.05) is 22.9 Å². The topological polar surface area (TPSA) is 93.5 Å². The Morgan fingerprint density at radius 1 is 1.44 bits per heavy atom. The van der Waals surface area contributed by atoms with Gasteiger partial charge in [-0.15, -0.1) is 5.10 Å². The zero-order valence-electron chi connectivity index (χ0n) is 15.2. The molecule has 2 N–H and O–H groups in total. The van der Waals surface area contributed by atoms with E-state index in [1.807, 2.05) is 6.07 Å². The molecule has 27 heavy (non-hydrogen) atoms. The lowest BCUT2D eigenvalue weighted by atomic mass is 9.77. The molecule has 2 atom stereocenters. The van der Waals surface area contributed by atoms with Gasteiger partial charge < -0.3 is 15.2 Å². The highest BCUT2D eigenvalue weighted by molar-refractivity contribution is 9.10. The second kappa shape index (κ2) is 6.60. The maximum absolute atomic E-state index is 12.8. The Bertz CT molecular complexity index is 963. The van der Waals surface area contributed by atoms with Crippen molar-refractivity contribution in [3.8, 4) is 5.88 Å². The van der Waals surface area contributed by atoms with Crippen molar-refractivity contribution >= 4 is 32.6 Å². The third kappa shape index (κ3) is 3.87. The predicted molar refractivity (Wildman–Crippen MR) is 104 cm³/mol. The van der Waals surface area contributed by atoms with E-state index in [-0.39, 0.29) is 30.2 Å². The highest BCUT2D eigenvalue weighted by atomic mass is 79.9. The molecule has 2 saturated carbocycles. The van der Waals surface area contributed by atoms with Crippen LogP contribution in [0, 0.1) is 5.92 Å². The summed E-state index contributed by atoms with van der Waals surface area (Å²) >= 11 is 3.42. The fourth-order valence-electron chi connectivity index (χ4n) is 3.53. The second-order valence-electron chi connectivity index (χ2n) is 8.00. The normalized spacial score (nSPS) is 29.3. The number of carbonyl (C=O) groups excluding carboxylic acids is 1. The standard InChI is InChI=1S/C19H22BrN3O4/c1-10-5-15(10)27-17-14-6-11(20)3-4-13(14)18(25)23(22-17)9-16(24)21-12-7-19(2,26)8-12/h3-4,6,10,12,15,26H,5,7-9H2,1-2H3,(H,21,24)/t10-,12?,15+,19?/m0/s1. The molecule has 7 nitrogen and oxygen atoms in total. The molecule has 0 saturated heterocycles. The average Bonchev–Trinajstić information content (AvgIpc) is 3.25. The number of hydrogen-bond donors (Lipinski definition) is 2. The molecule has 0 aliphatic heterocycles. The van der Waals surface area contributed by atoms with Crippen molar-refractivity contribution in [1.29, 1.82) is 0 Å². The summed E-state index contributed by atoms with van der Waals surface area (Å²) in [5, 5.41) is 18.1. The summed E-state index contributed by atoms with van der Waals surface area (Å²) in [5.74, 6) is 0.538. The molecule has 2 fully saturated rings. The van der Waals surface area contributed by atoms with E-state index in [1.54, 1.807) is 19.1 Å². The lowest BCUT2D eigenvalue weighted by Crippen LogP contribution is -2.54. The first-order chi connectivity index (χ1) is 12.7. The van der Waals surface area contributed by atoms with Gasteiger partial charge in [-0.2, -0.15) is 0 Å². The van der Waals surface area contributed by atoms with Crippen LogP contribution >= 0.6 is 15.9 Å². The number of nitrogens with one attached hydrogen (secondary N) is 1. The van der Waals surface area contributed by atoms with Crippen molar-refractivity contribution in [1.82, 2.24) is 15.1 Å². The second-order valence-corrected chi connectivity index (χ2v) is 8.91. The van der Waals surface area contributed by atoms with Crippen LogP contribution in [0.3, 0.4) is 0 Å². The van der Waals surface area contributed by atoms with E-state index in [4.69, 9.17) is 4.74 Å². The van der Waals surface area contributed by atoms with Crippen molar-refractivity contribution < 1.29 is 14.6 Å². The third-order valence-corrected chi connectivity index (χ3v) is 5.71. The van der Waals surface area contributed by atoms with Gasteiger partial charge in [0.05, 0.1) is 16.4 Å². The molecular weight excluding hydrogens is 414 g/mol. The minimum absolute atomic E-state index is 0.0670. The average molecular weight is 436 g/mol. The number of halogens is 1. The summed E-state index contributed by atoms with van der Waals surface area (Å²) < 4.78 is 7.96. The molecule has 2 aliphatic carbocycles. The van der Waals surface area contributed by atoms with Crippen LogP contribution < -0.4 is 15.6 Å². The number of carbonyl (C=O) groups is 1. The first-order valence-electron chi connectivity index (χ1n) is 9.11. The van der Waals surface area contributed by atoms with Crippen molar-refractivity contribution in [2.24, 2.45) is 5.92 Å². The SMILES string of the molecule is C[C@H]1C[C@H]1Oc1nn(CC(=O)NC2CC(C)(O)C2)c(=O)c2ccc(Br)cc12. The summed E-state index contributed by atoms with van der Waals surface area (Å²) in [6.45, 7) is 3.66. The Morgan fingerprint density at radius 2 is 2.15 bits per heavy atom. The maximum atomic E-state index is 12.8. The number of hydrogen-bond acceptors (Lipinski definition) is 5. The van der Waals surface area contributed by atoms with Gasteiger partial charge in [0, 0.05) is 10.5 Å². The molecule has 0 spiro atoms. The van der Waals surface area contributed by atoms with E-state index in [0.717, 1.165) is 15.6 Å². The summed E-state index contributed by atoms with van der Waals surface area (Å²) in [6.07, 6.45) is 2.08. The number of amides is 1. The molecular formula is C19H22BrN3O4. The van der Waals surface area contributed by atoms with E-state index >= 15 is 0 Å². The van der Waals surface area contributed by atoms with Crippen LogP contribution in [0.15, 0.2) is 27.5 Å². The van der Waals surface area contributed by atoms with Gasteiger partial charge in [0.15, 0.2) is 0 Å². The molecule has 1 aromatic heterocycles. The minimum Gasteiger partial charge on any atom is -0.473 e. The fraction of sp³-hybridized carbons (Fsp3) is 0.526. The van der Waals surface area contributed by atoms with Gasteiger partial charge in [-0.25, -0.2) is 4.68 Å². The molecule has 2 aromatic rings. The van der Waals surface area contributed by atoms with Gasteiger partial charge in [-0.05, 0) is 50.3 Å². The molecule has 1 amide bonds. The van der Waals surface area contributed by atoms with E-state index in [1.165, 1.54) is 0 Å². The highest BCUT2D eigenvalue weighted by Crippen LogP contribution is 2.35. The van der Waals surface area contributed by atoms with Crippen LogP contribution in [-0.2, 0) is 11.3 Å². The number of benzene rings is 1. The lowest BCUT2D eigenvalue weighted by molar-refractivity contribution is -0.125. The van der Waals surface area contributed by atoms with Gasteiger partial charge in [0.25, 0.3) is 5.56 Å². The first-order valence-corrected chi connectivity index (χ1v) is 9.90. The quantitative estimate of drug-likeness (QED) is 0.748. The van der Waals surface area contributed by atoms with E-state index < -0.39 is 5.60 Å². The lowest BCUT2D eigenvalue weighted by Gasteiger charge is -2.41. The monoisotopic (exact) mass is 435 g/mol. The Morgan fingerprint density at radius 3 is 2.78 bits per heavy atom. The Labute approximate surface area is 164 Å². The molecule has 4 rings (SSSR count). The van der Waals surface area contributed by atoms with E-state index in [0.29, 0.717) is 35.4 Å². The number of rotatable bonds is 5. The molecule has 8 heteroatoms. The third-order valence-electron chi connectivity index (χ3n) is 5.22. The smallest absolute Gasteiger partial charge is 0.275 e. The van der Waals surface area contributed by atoms with Crippen LogP contribution in [0.25, 0.3) is 10.8 Å². The van der Waals surface area contributed by atoms with Crippen LogP contribution in [0.5, 0.6) is 5.88 Å². The molecule has 144 valence electrons. The molecule has 0 radical (unpaired) electrons. The van der Waals surface area contributed by atoms with Gasteiger partial charge in [-0.3, -0.25) is 9.59 Å². The van der Waals surface area contributed by atoms with Crippen molar-refractivity contribution in [2.45, 2.75) is 57.4 Å². The van der Waals surface area contributed by atoms with Gasteiger partial charge in [0.2, 0.25) is 11.8 Å². The van der Waals surface area contributed by atoms with E-state index in [2.05, 4.69) is 33.3 Å². The number of aliphatic hydroxyl groups is 1. The minimum atomic E-state index is -0.717. The zero-order chi connectivity index (χ0) is 19.3. The predicted octanol–water partition coefficient (Wildman–Crippen LogP) is 1.98. The summed E-state index contributed by atoms with van der Waals surface area (Å²) in [7, 11) is 0. The van der Waals surface area contributed by atoms with E-state index in [9.17, 15) is 14.7 Å². The first kappa shape index (κ1) is 18.4. The molecule has 0 unspecified atom stereocenters. The summed E-state index contributed by atoms with van der Waals surface area (Å²) in [6, 6.07) is 5.24. The Kier molecular flexibility index (Phi) is 4.50. The Balaban J connectivity index is 1.60. The Hall–Kier alpha value is -1.93. The van der Waals surface area contributed by atoms with Crippen molar-refractivity contribution in [2.75, 3.05) is 0 Å². The van der Waals surface area contributed by atoms with Gasteiger partial charge >= 0.3 is 0 Å². The number of aromatic nitrogens is 2. The van der Waals surface area contributed by atoms with Crippen molar-refractivity contribution in [3.05, 3.63) is 33.0 Å². The highest BCUT2D eigenvalue weighted by Gasteiger charge is 2.39. The molecule has 1 aromatic carbocycles. The summed E-state index contributed by atoms with van der Waals surface area (Å²) in [4.78, 5) is 25.1. The largest absolute Gasteiger partial charge is 0.473 e. The fourth-order valence-corrected chi connectivity index (χ4v) is 3.89. The summed E-state index contributed by atoms with van der Waals surface area (Å²) in [5.41, 5.74) is -1.05. The van der Waals surface area contributed by atoms with Crippen molar-refractivity contribution in [3.63, 3.8) is 0 Å². The van der Waals surface area contributed by atoms with Crippen LogP contribution in [0.1, 0.15) is 33.1 Å². The molecule has 1 heterocycles. The van der Waals surface area contributed by atoms with Gasteiger partial charge in [0.1, 0.15) is 12.6 Å². The number of fused-ring (bicyclic) bond motifs is 1. The number of ether oxygens (including phenoxy) is 1. The molecule has 2 aliphatic rings. The van der Waals surface area contributed by atoms with Crippen LogP contribution in [-0.4, -0.2) is 38.5 Å². The maximum Gasteiger partial charge on any atom is 0.275 e. The number of nitrogens with zero attached hydrogens (tertiary/aromatic N) is 2.